The van der Waals surface area contributed by atoms with Crippen LogP contribution in [0, 0.1) is 12.8 Å². The molecule has 0 spiro atoms. The van der Waals surface area contributed by atoms with E-state index < -0.39 is 72.0 Å². The van der Waals surface area contributed by atoms with Crippen LogP contribution in [0.2, 0.25) is 0 Å². The van der Waals surface area contributed by atoms with E-state index >= 15 is 0 Å². The van der Waals surface area contributed by atoms with Crippen molar-refractivity contribution in [2.45, 2.75) is 84.4 Å². The number of anilines is 1. The van der Waals surface area contributed by atoms with Crippen LogP contribution in [-0.2, 0) is 25.7 Å². The molecule has 22 nitrogen and oxygen atoms in total. The minimum Gasteiger partial charge on any atom is -0.444 e. The summed E-state index contributed by atoms with van der Waals surface area (Å²) in [6, 6.07) is 9.55. The number of carbonyl (C=O) groups is 6. The van der Waals surface area contributed by atoms with Gasteiger partial charge in [-0.1, -0.05) is 44.2 Å². The summed E-state index contributed by atoms with van der Waals surface area (Å²) in [6.07, 6.45) is -2.15. The summed E-state index contributed by atoms with van der Waals surface area (Å²) >= 11 is 7.21. The van der Waals surface area contributed by atoms with Crippen LogP contribution in [0.15, 0.2) is 64.0 Å². The second kappa shape index (κ2) is 24.6. The monoisotopic (exact) mass is 1200 g/mol. The van der Waals surface area contributed by atoms with Crippen molar-refractivity contribution in [3.63, 3.8) is 0 Å². The molecule has 0 fully saturated rings. The van der Waals surface area contributed by atoms with E-state index in [4.69, 9.17) is 29.4 Å². The van der Waals surface area contributed by atoms with Crippen LogP contribution in [0.5, 0.6) is 0 Å². The molecule has 9 rings (SSSR count). The van der Waals surface area contributed by atoms with Gasteiger partial charge in [0.25, 0.3) is 17.7 Å². The van der Waals surface area contributed by atoms with Crippen molar-refractivity contribution < 1.29 is 43.3 Å². The summed E-state index contributed by atoms with van der Waals surface area (Å²) in [4.78, 5) is 117. The largest absolute Gasteiger partial charge is 0.444 e. The number of fused-ring (bicyclic) bond motifs is 14. The fraction of sp³-hybridized carbons (Fsp3) is 0.327. The maximum absolute atomic E-state index is 14.3. The Hall–Kier alpha value is -7.31. The molecule has 28 heteroatoms. The molecule has 0 unspecified atom stereocenters. The highest BCUT2D eigenvalue weighted by Crippen LogP contribution is 2.40. The van der Waals surface area contributed by atoms with Gasteiger partial charge < -0.3 is 41.2 Å². The number of ether oxygens (including phenoxy) is 2. The van der Waals surface area contributed by atoms with E-state index in [0.29, 0.717) is 73.7 Å². The molecule has 1 aliphatic heterocycles. The Bertz CT molecular complexity index is 3600. The van der Waals surface area contributed by atoms with Crippen molar-refractivity contribution in [3.05, 3.63) is 111 Å². The first-order chi connectivity index (χ1) is 38.2. The number of aromatic nitrogens is 7. The third-order valence-electron chi connectivity index (χ3n) is 11.9. The molecule has 8 aromatic rings. The van der Waals surface area contributed by atoms with Crippen molar-refractivity contribution in [2.24, 2.45) is 5.92 Å². The lowest BCUT2D eigenvalue weighted by Crippen LogP contribution is -2.40. The number of benzene rings is 1. The van der Waals surface area contributed by atoms with Crippen LogP contribution in [-0.4, -0.2) is 102 Å². The fourth-order valence-electron chi connectivity index (χ4n) is 8.05. The molecular formula is C52H53N13O9S6. The summed E-state index contributed by atoms with van der Waals surface area (Å²) in [5.41, 5.74) is 2.06. The molecule has 8 heterocycles. The molecule has 0 saturated heterocycles. The van der Waals surface area contributed by atoms with Crippen LogP contribution in [0.4, 0.5) is 10.6 Å². The zero-order valence-corrected chi connectivity index (χ0v) is 49.1. The quantitative estimate of drug-likeness (QED) is 0.0711. The number of pyridine rings is 1. The third-order valence-corrected chi connectivity index (χ3v) is 17.6. The lowest BCUT2D eigenvalue weighted by molar-refractivity contribution is -0.122. The Balaban J connectivity index is 1.13. The number of rotatable bonds is 9. The number of aryl methyl sites for hydroxylation is 1. The molecule has 0 radical (unpaired) electrons. The van der Waals surface area contributed by atoms with Crippen molar-refractivity contribution in [2.75, 3.05) is 26.0 Å². The lowest BCUT2D eigenvalue weighted by atomic mass is 10.0. The number of hydrogen-bond donors (Lipinski definition) is 7. The van der Waals surface area contributed by atoms with Crippen LogP contribution in [0.1, 0.15) is 127 Å². The van der Waals surface area contributed by atoms with Crippen molar-refractivity contribution in [3.8, 4) is 43.4 Å². The van der Waals surface area contributed by atoms with E-state index in [9.17, 15) is 33.9 Å². The van der Waals surface area contributed by atoms with Gasteiger partial charge in [-0.05, 0) is 51.3 Å². The van der Waals surface area contributed by atoms with Gasteiger partial charge in [0.1, 0.15) is 87.8 Å². The van der Waals surface area contributed by atoms with Gasteiger partial charge in [0, 0.05) is 46.1 Å². The summed E-state index contributed by atoms with van der Waals surface area (Å²) in [5.74, 6) is -2.83. The van der Waals surface area contributed by atoms with E-state index in [0.717, 1.165) is 11.3 Å². The number of carbonyl (C=O) groups excluding carboxylic acids is 6. The maximum Gasteiger partial charge on any atom is 0.413 e. The highest BCUT2D eigenvalue weighted by molar-refractivity contribution is 7.15. The van der Waals surface area contributed by atoms with Gasteiger partial charge in [0.05, 0.1) is 42.2 Å². The number of amides is 6. The van der Waals surface area contributed by atoms with Crippen LogP contribution >= 0.6 is 68.0 Å². The van der Waals surface area contributed by atoms with Gasteiger partial charge in [0.2, 0.25) is 11.8 Å². The smallest absolute Gasteiger partial charge is 0.413 e. The zero-order valence-electron chi connectivity index (χ0n) is 44.2. The minimum atomic E-state index is -1.27. The highest BCUT2D eigenvalue weighted by Gasteiger charge is 2.33. The molecule has 7 aromatic heterocycles. The molecule has 0 aliphatic carbocycles. The molecule has 1 aliphatic rings. The molecule has 0 saturated carbocycles. The molecule has 416 valence electrons. The predicted molar refractivity (Wildman–Crippen MR) is 307 cm³/mol. The van der Waals surface area contributed by atoms with Crippen molar-refractivity contribution in [1.29, 1.82) is 0 Å². The Morgan fingerprint density at radius 1 is 0.713 bits per heavy atom. The summed E-state index contributed by atoms with van der Waals surface area (Å²) < 4.78 is 10.9. The lowest BCUT2D eigenvalue weighted by Gasteiger charge is -2.23. The van der Waals surface area contributed by atoms with Gasteiger partial charge in [-0.2, -0.15) is 0 Å². The second-order valence-corrected chi connectivity index (χ2v) is 25.1. The summed E-state index contributed by atoms with van der Waals surface area (Å²) in [7, 11) is 2.95. The molecule has 80 heavy (non-hydrogen) atoms. The first kappa shape index (κ1) is 57.4. The van der Waals surface area contributed by atoms with Gasteiger partial charge >= 0.3 is 6.09 Å². The number of aliphatic hydroxyl groups excluding tert-OH is 1. The van der Waals surface area contributed by atoms with Gasteiger partial charge in [0.15, 0.2) is 0 Å². The normalized spacial score (nSPS) is 16.7. The minimum absolute atomic E-state index is 0.00266. The van der Waals surface area contributed by atoms with E-state index in [1.165, 1.54) is 70.8 Å². The first-order valence-corrected chi connectivity index (χ1v) is 29.8. The average Bonchev–Trinajstić information content (AvgIpc) is 4.34. The van der Waals surface area contributed by atoms with Gasteiger partial charge in [-0.15, -0.1) is 68.0 Å². The fourth-order valence-corrected chi connectivity index (χ4v) is 13.5. The first-order valence-electron chi connectivity index (χ1n) is 24.7. The van der Waals surface area contributed by atoms with Crippen molar-refractivity contribution in [1.82, 2.24) is 61.5 Å². The highest BCUT2D eigenvalue weighted by atomic mass is 32.1. The Morgan fingerprint density at radius 2 is 1.41 bits per heavy atom. The maximum atomic E-state index is 14.3. The van der Waals surface area contributed by atoms with E-state index in [2.05, 4.69) is 46.9 Å². The Labute approximate surface area is 482 Å². The molecular weight excluding hydrogens is 1140 g/mol. The van der Waals surface area contributed by atoms with E-state index in [-0.39, 0.29) is 41.8 Å². The van der Waals surface area contributed by atoms with Gasteiger partial charge in [-0.25, -0.2) is 39.7 Å². The number of nitrogens with one attached hydrogen (secondary N) is 6. The summed E-state index contributed by atoms with van der Waals surface area (Å²) in [5, 5.41) is 37.9. The van der Waals surface area contributed by atoms with Crippen LogP contribution in [0.3, 0.4) is 0 Å². The number of aliphatic hydroxyl groups is 1. The second-order valence-electron chi connectivity index (χ2n) is 19.3. The van der Waals surface area contributed by atoms with Crippen molar-refractivity contribution >= 4 is 109 Å². The van der Waals surface area contributed by atoms with E-state index in [1.54, 1.807) is 91.7 Å². The third kappa shape index (κ3) is 13.3. The average molecular weight is 1200 g/mol. The Morgan fingerprint density at radius 3 is 2.15 bits per heavy atom. The molecule has 6 amide bonds. The van der Waals surface area contributed by atoms with E-state index in [1.807, 2.05) is 13.8 Å². The van der Waals surface area contributed by atoms with Crippen LogP contribution in [0.25, 0.3) is 43.4 Å². The van der Waals surface area contributed by atoms with Crippen LogP contribution < -0.4 is 31.9 Å². The zero-order chi connectivity index (χ0) is 57.0. The topological polar surface area (TPSA) is 304 Å². The number of nitrogens with zero attached hydrogens (tertiary/aromatic N) is 7. The SMILES string of the molecule is CNC(=O)C[C@@H]1NC(=O)c2csc(n2)-c2ccc(-c3nc(NC(=O)OC(C)(C)C)cs3)nc2-c2csc(n2)-c2csc(n2)[C@H]([C@@H](O)c2ccccc2)NC(=O)CNC(=O)c2nc(sc2COC)[C@H](C(C)C)NC(=O)c2nc1sc2C. The molecule has 7 N–H and O–H groups in total. The predicted octanol–water partition coefficient (Wildman–Crippen LogP) is 8.66. The standard InChI is InChI=1S/C52H53N13O9S6/c1-23(2)36-50-65-39(32(80-50)18-73-8)43(70)54-17-35(67)62-40(41(68)25-12-10-9-11-13-25)49-59-31(21-77-49)47-57-29(19-76-47)38-26(14-15-27(55-38)46-60-33(22-78-46)61-51(72)74-52(4,5)6)45-58-30(20-75-45)42(69)56-28(16-34(66)53-7)48-64-37(24(3)79-48)44(71)63-36/h9-15,19-23,28,36,40-41,68H,16-18H2,1-8H3,(H,53,66)(H,54,70)(H,56,69)(H,61,72)(H,62,67)(H,63,71)/t28-,36-,40-,41-/m0/s1. The number of hydrogen-bond acceptors (Lipinski definition) is 22. The molecule has 4 atom stereocenters. The Kier molecular flexibility index (Phi) is 17.6. The van der Waals surface area contributed by atoms with Gasteiger partial charge in [-0.3, -0.25) is 29.3 Å². The molecule has 1 aromatic carbocycles. The molecule has 10 bridgehead atoms. The summed E-state index contributed by atoms with van der Waals surface area (Å²) in [6.45, 7) is 10.3. The number of methoxy groups -OCH3 is 1. The number of thiazole rings is 6.